The van der Waals surface area contributed by atoms with Gasteiger partial charge in [0.15, 0.2) is 0 Å². The first-order valence-corrected chi connectivity index (χ1v) is 7.52. The topological polar surface area (TPSA) is 32.3 Å². The molecule has 0 saturated heterocycles. The fraction of sp³-hybridized carbons (Fsp3) is 0.588. The molecular weight excluding hydrogens is 248 g/mol. The third kappa shape index (κ3) is 4.34. The van der Waals surface area contributed by atoms with E-state index < -0.39 is 5.54 Å². The smallest absolute Gasteiger partial charge is 0.242 e. The van der Waals surface area contributed by atoms with Crippen molar-refractivity contribution in [1.82, 2.24) is 10.2 Å². The molecule has 1 aromatic carbocycles. The lowest BCUT2D eigenvalue weighted by Crippen LogP contribution is -2.55. The number of carbonyl (C=O) groups excluding carboxylic acids is 1. The standard InChI is InChI=1S/C17H28N2O/c1-6-14(3)19(13-15-11-9-8-10-12-15)16(20)17(4,5)18-7-2/h8-12,14,18H,6-7,13H2,1-5H3. The van der Waals surface area contributed by atoms with E-state index >= 15 is 0 Å². The quantitative estimate of drug-likeness (QED) is 0.829. The fourth-order valence-corrected chi connectivity index (χ4v) is 2.30. The summed E-state index contributed by atoms with van der Waals surface area (Å²) in [7, 11) is 0. The Bertz CT molecular complexity index is 414. The minimum atomic E-state index is -0.521. The number of amides is 1. The van der Waals surface area contributed by atoms with Crippen LogP contribution in [0.1, 0.15) is 46.6 Å². The van der Waals surface area contributed by atoms with E-state index in [1.54, 1.807) is 0 Å². The van der Waals surface area contributed by atoms with Gasteiger partial charge < -0.3 is 10.2 Å². The predicted molar refractivity (Wildman–Crippen MR) is 84.5 cm³/mol. The van der Waals surface area contributed by atoms with E-state index in [1.165, 1.54) is 5.56 Å². The van der Waals surface area contributed by atoms with Gasteiger partial charge in [0.25, 0.3) is 0 Å². The number of hydrogen-bond donors (Lipinski definition) is 1. The largest absolute Gasteiger partial charge is 0.334 e. The number of nitrogens with zero attached hydrogens (tertiary/aromatic N) is 1. The Kier molecular flexibility index (Phi) is 6.21. The predicted octanol–water partition coefficient (Wildman–Crippen LogP) is 3.20. The van der Waals surface area contributed by atoms with E-state index in [9.17, 15) is 4.79 Å². The van der Waals surface area contributed by atoms with Gasteiger partial charge in [-0.3, -0.25) is 4.79 Å². The van der Waals surface area contributed by atoms with E-state index in [0.29, 0.717) is 6.54 Å². The number of carbonyl (C=O) groups is 1. The molecule has 1 aromatic rings. The van der Waals surface area contributed by atoms with Gasteiger partial charge >= 0.3 is 0 Å². The second-order valence-electron chi connectivity index (χ2n) is 5.83. The summed E-state index contributed by atoms with van der Waals surface area (Å²) in [5.41, 5.74) is 0.654. The molecule has 1 rings (SSSR count). The molecule has 0 radical (unpaired) electrons. The highest BCUT2D eigenvalue weighted by molar-refractivity contribution is 5.85. The molecule has 20 heavy (non-hydrogen) atoms. The molecule has 0 spiro atoms. The van der Waals surface area contributed by atoms with Crippen LogP contribution in [0.5, 0.6) is 0 Å². The highest BCUT2D eigenvalue weighted by Gasteiger charge is 2.32. The van der Waals surface area contributed by atoms with Crippen LogP contribution in [0.3, 0.4) is 0 Å². The summed E-state index contributed by atoms with van der Waals surface area (Å²) in [6, 6.07) is 10.4. The number of hydrogen-bond acceptors (Lipinski definition) is 2. The van der Waals surface area contributed by atoms with Crippen molar-refractivity contribution in [2.75, 3.05) is 6.54 Å². The maximum absolute atomic E-state index is 12.8. The Morgan fingerprint density at radius 3 is 2.35 bits per heavy atom. The number of rotatable bonds is 7. The molecule has 1 unspecified atom stereocenters. The van der Waals surface area contributed by atoms with Crippen LogP contribution in [0.2, 0.25) is 0 Å². The molecule has 3 nitrogen and oxygen atoms in total. The van der Waals surface area contributed by atoms with Gasteiger partial charge in [0.05, 0.1) is 5.54 Å². The van der Waals surface area contributed by atoms with Crippen LogP contribution in [0.4, 0.5) is 0 Å². The van der Waals surface area contributed by atoms with E-state index in [2.05, 4.69) is 31.3 Å². The van der Waals surface area contributed by atoms with Gasteiger partial charge in [0.1, 0.15) is 0 Å². The highest BCUT2D eigenvalue weighted by atomic mass is 16.2. The van der Waals surface area contributed by atoms with Gasteiger partial charge in [-0.2, -0.15) is 0 Å². The fourth-order valence-electron chi connectivity index (χ4n) is 2.30. The first kappa shape index (κ1) is 16.7. The Morgan fingerprint density at radius 1 is 1.25 bits per heavy atom. The SMILES string of the molecule is CCNC(C)(C)C(=O)N(Cc1ccccc1)C(C)CC. The van der Waals surface area contributed by atoms with Gasteiger partial charge in [0, 0.05) is 12.6 Å². The molecule has 0 aliphatic rings. The van der Waals surface area contributed by atoms with Crippen molar-refractivity contribution < 1.29 is 4.79 Å². The van der Waals surface area contributed by atoms with Crippen LogP contribution in [-0.2, 0) is 11.3 Å². The van der Waals surface area contributed by atoms with Crippen LogP contribution < -0.4 is 5.32 Å². The first-order valence-electron chi connectivity index (χ1n) is 7.52. The summed E-state index contributed by atoms with van der Waals surface area (Å²) in [5, 5.41) is 3.28. The van der Waals surface area contributed by atoms with E-state index in [-0.39, 0.29) is 11.9 Å². The Balaban J connectivity index is 2.92. The van der Waals surface area contributed by atoms with Crippen molar-refractivity contribution in [3.8, 4) is 0 Å². The minimum Gasteiger partial charge on any atom is -0.334 e. The average Bonchev–Trinajstić information content (AvgIpc) is 2.44. The minimum absolute atomic E-state index is 0.164. The molecule has 0 heterocycles. The molecular formula is C17H28N2O. The van der Waals surface area contributed by atoms with Gasteiger partial charge in [-0.05, 0) is 39.3 Å². The molecule has 3 heteroatoms. The average molecular weight is 276 g/mol. The van der Waals surface area contributed by atoms with Crippen LogP contribution >= 0.6 is 0 Å². The highest BCUT2D eigenvalue weighted by Crippen LogP contribution is 2.16. The van der Waals surface area contributed by atoms with Crippen molar-refractivity contribution in [3.05, 3.63) is 35.9 Å². The van der Waals surface area contributed by atoms with E-state index in [1.807, 2.05) is 43.9 Å². The first-order chi connectivity index (χ1) is 9.42. The second kappa shape index (κ2) is 7.44. The molecule has 1 atom stereocenters. The Hall–Kier alpha value is -1.35. The molecule has 0 aromatic heterocycles. The van der Waals surface area contributed by atoms with Crippen LogP contribution in [-0.4, -0.2) is 28.9 Å². The number of nitrogens with one attached hydrogen (secondary N) is 1. The molecule has 0 fully saturated rings. The number of benzene rings is 1. The van der Waals surface area contributed by atoms with E-state index in [4.69, 9.17) is 0 Å². The van der Waals surface area contributed by atoms with Crippen molar-refractivity contribution in [3.63, 3.8) is 0 Å². The molecule has 0 bridgehead atoms. The van der Waals surface area contributed by atoms with Crippen LogP contribution in [0.15, 0.2) is 30.3 Å². The normalized spacial score (nSPS) is 13.1. The summed E-state index contributed by atoms with van der Waals surface area (Å²) >= 11 is 0. The molecule has 0 saturated carbocycles. The van der Waals surface area contributed by atoms with Gasteiger partial charge in [0.2, 0.25) is 5.91 Å². The lowest BCUT2D eigenvalue weighted by Gasteiger charge is -2.36. The monoisotopic (exact) mass is 276 g/mol. The third-order valence-electron chi connectivity index (χ3n) is 3.73. The lowest BCUT2D eigenvalue weighted by atomic mass is 10.0. The third-order valence-corrected chi connectivity index (χ3v) is 3.73. The van der Waals surface area contributed by atoms with E-state index in [0.717, 1.165) is 13.0 Å². The van der Waals surface area contributed by atoms with Crippen molar-refractivity contribution in [2.45, 2.75) is 59.2 Å². The maximum atomic E-state index is 12.8. The van der Waals surface area contributed by atoms with Gasteiger partial charge in [-0.15, -0.1) is 0 Å². The van der Waals surface area contributed by atoms with Crippen molar-refractivity contribution in [1.29, 1.82) is 0 Å². The summed E-state index contributed by atoms with van der Waals surface area (Å²) in [6.07, 6.45) is 0.959. The molecule has 0 aliphatic carbocycles. The summed E-state index contributed by atoms with van der Waals surface area (Å²) in [4.78, 5) is 14.8. The zero-order valence-corrected chi connectivity index (χ0v) is 13.4. The Morgan fingerprint density at radius 2 is 1.85 bits per heavy atom. The van der Waals surface area contributed by atoms with Gasteiger partial charge in [-0.1, -0.05) is 44.2 Å². The van der Waals surface area contributed by atoms with Gasteiger partial charge in [-0.25, -0.2) is 0 Å². The summed E-state index contributed by atoms with van der Waals surface area (Å²) in [5.74, 6) is 0.164. The summed E-state index contributed by atoms with van der Waals surface area (Å²) in [6.45, 7) is 11.6. The van der Waals surface area contributed by atoms with Crippen molar-refractivity contribution >= 4 is 5.91 Å². The molecule has 1 amide bonds. The molecule has 112 valence electrons. The second-order valence-corrected chi connectivity index (χ2v) is 5.83. The molecule has 0 aliphatic heterocycles. The summed E-state index contributed by atoms with van der Waals surface area (Å²) < 4.78 is 0. The molecule has 1 N–H and O–H groups in total. The van der Waals surface area contributed by atoms with Crippen molar-refractivity contribution in [2.24, 2.45) is 0 Å². The van der Waals surface area contributed by atoms with Crippen LogP contribution in [0.25, 0.3) is 0 Å². The lowest BCUT2D eigenvalue weighted by molar-refractivity contribution is -0.140. The maximum Gasteiger partial charge on any atom is 0.242 e. The number of likely N-dealkylation sites (N-methyl/N-ethyl adjacent to an activating group) is 1. The zero-order valence-electron chi connectivity index (χ0n) is 13.4. The Labute approximate surface area is 123 Å². The van der Waals surface area contributed by atoms with Crippen LogP contribution in [0, 0.1) is 0 Å². The zero-order chi connectivity index (χ0) is 15.2.